The molecule has 0 fully saturated rings. The van der Waals surface area contributed by atoms with Gasteiger partial charge in [-0.25, -0.2) is 13.2 Å². The van der Waals surface area contributed by atoms with Crippen LogP contribution < -0.4 is 10.0 Å². The van der Waals surface area contributed by atoms with Crippen molar-refractivity contribution in [3.8, 4) is 0 Å². The van der Waals surface area contributed by atoms with Crippen LogP contribution in [0.5, 0.6) is 0 Å². The van der Waals surface area contributed by atoms with Crippen LogP contribution in [-0.2, 0) is 26.1 Å². The second kappa shape index (κ2) is 10.2. The third kappa shape index (κ3) is 6.00. The molecule has 1 amide bonds. The Bertz CT molecular complexity index is 1240. The largest absolute Gasteiger partial charge is 0.449 e. The molecule has 33 heavy (non-hydrogen) atoms. The highest BCUT2D eigenvalue weighted by Gasteiger charge is 2.25. The summed E-state index contributed by atoms with van der Waals surface area (Å²) in [5, 5.41) is 4.62. The van der Waals surface area contributed by atoms with E-state index in [0.29, 0.717) is 17.7 Å². The summed E-state index contributed by atoms with van der Waals surface area (Å²) in [5.74, 6) is -1.25. The maximum absolute atomic E-state index is 13.1. The fourth-order valence-electron chi connectivity index (χ4n) is 3.55. The van der Waals surface area contributed by atoms with Crippen LogP contribution in [0.3, 0.4) is 0 Å². The standard InChI is InChI=1S/C24H26N2O5S2/c1-15-12-16(2)22(17(3)13-15)33(29,30)26-21-10-6-5-9-20(21)24(28)31-18(4)23(27)25-14-19-8-7-11-32-19/h5-13,18,26H,14H2,1-4H3,(H,25,27). The molecule has 0 radical (unpaired) electrons. The van der Waals surface area contributed by atoms with Crippen LogP contribution in [0.25, 0.3) is 0 Å². The lowest BCUT2D eigenvalue weighted by atomic mass is 10.1. The average Bonchev–Trinajstić information content (AvgIpc) is 3.24. The monoisotopic (exact) mass is 486 g/mol. The van der Waals surface area contributed by atoms with E-state index in [9.17, 15) is 18.0 Å². The summed E-state index contributed by atoms with van der Waals surface area (Å²) in [6.45, 7) is 7.15. The van der Waals surface area contributed by atoms with Gasteiger partial charge in [-0.1, -0.05) is 35.9 Å². The summed E-state index contributed by atoms with van der Waals surface area (Å²) in [5.41, 5.74) is 2.26. The molecule has 0 spiro atoms. The second-order valence-electron chi connectivity index (χ2n) is 7.72. The summed E-state index contributed by atoms with van der Waals surface area (Å²) in [4.78, 5) is 26.2. The van der Waals surface area contributed by atoms with E-state index in [1.165, 1.54) is 30.4 Å². The van der Waals surface area contributed by atoms with Gasteiger partial charge in [0.25, 0.3) is 15.9 Å². The number of rotatable bonds is 8. The number of benzene rings is 2. The molecule has 2 N–H and O–H groups in total. The zero-order valence-electron chi connectivity index (χ0n) is 18.8. The number of nitrogens with one attached hydrogen (secondary N) is 2. The summed E-state index contributed by atoms with van der Waals surface area (Å²) in [6, 6.07) is 13.5. The molecule has 1 aromatic heterocycles. The van der Waals surface area contributed by atoms with Crippen molar-refractivity contribution < 1.29 is 22.7 Å². The molecular formula is C24H26N2O5S2. The summed E-state index contributed by atoms with van der Waals surface area (Å²) < 4.78 is 34.1. The van der Waals surface area contributed by atoms with Crippen LogP contribution in [0, 0.1) is 20.8 Å². The van der Waals surface area contributed by atoms with Gasteiger partial charge in [-0.2, -0.15) is 0 Å². The third-order valence-corrected chi connectivity index (χ3v) is 7.48. The van der Waals surface area contributed by atoms with Gasteiger partial charge in [-0.15, -0.1) is 11.3 Å². The van der Waals surface area contributed by atoms with Gasteiger partial charge < -0.3 is 10.1 Å². The molecule has 0 saturated carbocycles. The lowest BCUT2D eigenvalue weighted by Crippen LogP contribution is -2.35. The summed E-state index contributed by atoms with van der Waals surface area (Å²) >= 11 is 1.51. The van der Waals surface area contributed by atoms with Gasteiger partial charge in [0.05, 0.1) is 22.7 Å². The molecule has 174 valence electrons. The molecule has 0 aliphatic rings. The van der Waals surface area contributed by atoms with Gasteiger partial charge >= 0.3 is 5.97 Å². The van der Waals surface area contributed by atoms with E-state index in [4.69, 9.17) is 4.74 Å². The van der Waals surface area contributed by atoms with Gasteiger partial charge in [-0.05, 0) is 62.4 Å². The molecule has 0 aliphatic carbocycles. The molecule has 1 atom stereocenters. The van der Waals surface area contributed by atoms with Crippen molar-refractivity contribution >= 4 is 38.9 Å². The lowest BCUT2D eigenvalue weighted by Gasteiger charge is -2.17. The van der Waals surface area contributed by atoms with Crippen molar-refractivity contribution in [1.29, 1.82) is 0 Å². The van der Waals surface area contributed by atoms with Gasteiger partial charge in [0.15, 0.2) is 6.10 Å². The zero-order chi connectivity index (χ0) is 24.2. The van der Waals surface area contributed by atoms with E-state index < -0.39 is 28.0 Å². The first-order valence-corrected chi connectivity index (χ1v) is 12.7. The Labute approximate surface area is 197 Å². The van der Waals surface area contributed by atoms with E-state index in [1.807, 2.05) is 24.4 Å². The van der Waals surface area contributed by atoms with Crippen molar-refractivity contribution in [2.45, 2.75) is 45.2 Å². The molecule has 0 bridgehead atoms. The molecule has 7 nitrogen and oxygen atoms in total. The van der Waals surface area contributed by atoms with Crippen LogP contribution in [0.1, 0.15) is 38.8 Å². The van der Waals surface area contributed by atoms with Crippen LogP contribution in [-0.4, -0.2) is 26.4 Å². The Morgan fingerprint density at radius 1 is 1.03 bits per heavy atom. The highest BCUT2D eigenvalue weighted by atomic mass is 32.2. The molecule has 2 aromatic carbocycles. The number of aryl methyl sites for hydroxylation is 3. The van der Waals surface area contributed by atoms with E-state index in [0.717, 1.165) is 10.4 Å². The number of thiophene rings is 1. The highest BCUT2D eigenvalue weighted by Crippen LogP contribution is 2.26. The first-order valence-electron chi connectivity index (χ1n) is 10.3. The second-order valence-corrected chi connectivity index (χ2v) is 10.4. The lowest BCUT2D eigenvalue weighted by molar-refractivity contribution is -0.129. The smallest absolute Gasteiger partial charge is 0.341 e. The summed E-state index contributed by atoms with van der Waals surface area (Å²) in [6.07, 6.45) is -1.05. The van der Waals surface area contributed by atoms with Crippen LogP contribution in [0.15, 0.2) is 58.8 Å². The number of anilines is 1. The van der Waals surface area contributed by atoms with Crippen molar-refractivity contribution in [2.75, 3.05) is 4.72 Å². The Kier molecular flexibility index (Phi) is 7.55. The van der Waals surface area contributed by atoms with Crippen LogP contribution >= 0.6 is 11.3 Å². The number of carbonyl (C=O) groups is 2. The van der Waals surface area contributed by atoms with Crippen LogP contribution in [0.2, 0.25) is 0 Å². The SMILES string of the molecule is Cc1cc(C)c(S(=O)(=O)Nc2ccccc2C(=O)OC(C)C(=O)NCc2cccs2)c(C)c1. The average molecular weight is 487 g/mol. The van der Waals surface area contributed by atoms with Crippen molar-refractivity contribution in [3.63, 3.8) is 0 Å². The fraction of sp³-hybridized carbons (Fsp3) is 0.250. The minimum absolute atomic E-state index is 0.0152. The Balaban J connectivity index is 1.76. The molecule has 0 saturated heterocycles. The molecule has 9 heteroatoms. The minimum Gasteiger partial charge on any atom is -0.449 e. The number of hydrogen-bond acceptors (Lipinski definition) is 6. The molecular weight excluding hydrogens is 460 g/mol. The number of sulfonamides is 1. The van der Waals surface area contributed by atoms with Gasteiger partial charge in [-0.3, -0.25) is 9.52 Å². The topological polar surface area (TPSA) is 102 Å². The first-order chi connectivity index (χ1) is 15.6. The summed E-state index contributed by atoms with van der Waals surface area (Å²) in [7, 11) is -3.96. The number of amides is 1. The van der Waals surface area contributed by atoms with Crippen molar-refractivity contribution in [2.24, 2.45) is 0 Å². The van der Waals surface area contributed by atoms with E-state index in [-0.39, 0.29) is 16.1 Å². The predicted octanol–water partition coefficient (Wildman–Crippen LogP) is 4.34. The maximum Gasteiger partial charge on any atom is 0.341 e. The van der Waals surface area contributed by atoms with Crippen molar-refractivity contribution in [1.82, 2.24) is 5.32 Å². The van der Waals surface area contributed by atoms with Crippen molar-refractivity contribution in [3.05, 3.63) is 81.0 Å². The third-order valence-electron chi connectivity index (χ3n) is 4.93. The molecule has 3 aromatic rings. The number of carbonyl (C=O) groups excluding carboxylic acids is 2. The fourth-order valence-corrected chi connectivity index (χ4v) is 5.72. The van der Waals surface area contributed by atoms with Crippen LogP contribution in [0.4, 0.5) is 5.69 Å². The van der Waals surface area contributed by atoms with Gasteiger partial charge in [0.1, 0.15) is 0 Å². The van der Waals surface area contributed by atoms with E-state index in [2.05, 4.69) is 10.0 Å². The normalized spacial score (nSPS) is 12.1. The Morgan fingerprint density at radius 3 is 2.33 bits per heavy atom. The maximum atomic E-state index is 13.1. The van der Waals surface area contributed by atoms with E-state index >= 15 is 0 Å². The Morgan fingerprint density at radius 2 is 1.70 bits per heavy atom. The molecule has 3 rings (SSSR count). The van der Waals surface area contributed by atoms with Gasteiger partial charge in [0.2, 0.25) is 0 Å². The molecule has 1 unspecified atom stereocenters. The van der Waals surface area contributed by atoms with E-state index in [1.54, 1.807) is 38.1 Å². The van der Waals surface area contributed by atoms with Gasteiger partial charge in [0, 0.05) is 4.88 Å². The highest BCUT2D eigenvalue weighted by molar-refractivity contribution is 7.92. The number of hydrogen-bond donors (Lipinski definition) is 2. The number of ether oxygens (including phenoxy) is 1. The minimum atomic E-state index is -3.96. The predicted molar refractivity (Wildman–Crippen MR) is 129 cm³/mol. The Hall–Kier alpha value is -3.17. The zero-order valence-corrected chi connectivity index (χ0v) is 20.5. The number of esters is 1. The first kappa shape index (κ1) is 24.5. The molecule has 0 aliphatic heterocycles. The quantitative estimate of drug-likeness (QED) is 0.461. The number of para-hydroxylation sites is 1. The molecule has 1 heterocycles.